The van der Waals surface area contributed by atoms with Gasteiger partial charge in [-0.1, -0.05) is 19.8 Å². The Morgan fingerprint density at radius 1 is 1.29 bits per heavy atom. The molecule has 0 fully saturated rings. The van der Waals surface area contributed by atoms with Gasteiger partial charge in [0.25, 0.3) is 0 Å². The number of aliphatic hydroxyl groups excluding tert-OH is 1. The molecule has 2 N–H and O–H groups in total. The van der Waals surface area contributed by atoms with Crippen molar-refractivity contribution in [3.8, 4) is 0 Å². The molecule has 0 aromatic carbocycles. The van der Waals surface area contributed by atoms with E-state index in [1.54, 1.807) is 0 Å². The minimum absolute atomic E-state index is 0.185. The normalized spacial score (nSPS) is 11.1. The van der Waals surface area contributed by atoms with Crippen LogP contribution in [0.3, 0.4) is 0 Å². The highest BCUT2D eigenvalue weighted by molar-refractivity contribution is 5.79. The van der Waals surface area contributed by atoms with Gasteiger partial charge in [-0.2, -0.15) is 0 Å². The van der Waals surface area contributed by atoms with E-state index in [1.165, 1.54) is 13.8 Å². The topological polar surface area (TPSA) is 74.6 Å². The molecule has 0 rings (SSSR count). The van der Waals surface area contributed by atoms with Crippen molar-refractivity contribution in [2.45, 2.75) is 52.6 Å². The van der Waals surface area contributed by atoms with E-state index in [0.29, 0.717) is 6.42 Å². The largest absolute Gasteiger partial charge is 0.481 e. The summed E-state index contributed by atoms with van der Waals surface area (Å²) in [4.78, 5) is 19.8. The molecule has 0 aromatic heterocycles. The second-order valence-corrected chi connectivity index (χ2v) is 3.14. The average Bonchev–Trinajstić information content (AvgIpc) is 2.05. The fourth-order valence-corrected chi connectivity index (χ4v) is 0.526. The lowest BCUT2D eigenvalue weighted by Crippen LogP contribution is -2.10. The van der Waals surface area contributed by atoms with Crippen LogP contribution >= 0.6 is 0 Å². The second kappa shape index (κ2) is 10.2. The fourth-order valence-electron chi connectivity index (χ4n) is 0.526. The highest BCUT2D eigenvalue weighted by Crippen LogP contribution is 1.97. The van der Waals surface area contributed by atoms with Crippen LogP contribution in [0.25, 0.3) is 0 Å². The quantitative estimate of drug-likeness (QED) is 0.667. The van der Waals surface area contributed by atoms with Crippen molar-refractivity contribution in [1.82, 2.24) is 0 Å². The van der Waals surface area contributed by atoms with E-state index in [9.17, 15) is 9.59 Å². The summed E-state index contributed by atoms with van der Waals surface area (Å²) < 4.78 is 0. The standard InChI is InChI=1S/C6H12O2.C4H8O2/c1-2-3-4-5-6(7)8;1-3(5)4(2)6/h2-5H2,1H3,(H,7,8);3,5H,1-2H3. The molecule has 84 valence electrons. The molecule has 0 amide bonds. The Morgan fingerprint density at radius 3 is 1.93 bits per heavy atom. The molecule has 0 bridgehead atoms. The molecule has 0 spiro atoms. The Hall–Kier alpha value is -0.900. The minimum atomic E-state index is -0.787. The number of carboxylic acid groups (broad SMARTS) is 1. The molecule has 0 radical (unpaired) electrons. The van der Waals surface area contributed by atoms with Gasteiger partial charge < -0.3 is 10.2 Å². The summed E-state index contributed by atoms with van der Waals surface area (Å²) in [6.07, 6.45) is 2.49. The zero-order valence-corrected chi connectivity index (χ0v) is 9.12. The lowest BCUT2D eigenvalue weighted by Gasteiger charge is -1.90. The van der Waals surface area contributed by atoms with Crippen molar-refractivity contribution < 1.29 is 19.8 Å². The number of aliphatic hydroxyl groups is 1. The van der Waals surface area contributed by atoms with Crippen LogP contribution in [0.1, 0.15) is 46.5 Å². The van der Waals surface area contributed by atoms with Gasteiger partial charge in [0.2, 0.25) is 0 Å². The fraction of sp³-hybridized carbons (Fsp3) is 0.800. The van der Waals surface area contributed by atoms with E-state index < -0.39 is 12.1 Å². The Kier molecular flexibility index (Phi) is 11.3. The predicted molar refractivity (Wildman–Crippen MR) is 54.1 cm³/mol. The SMILES string of the molecule is CC(=O)C(C)O.CCCCCC(=O)O. The maximum Gasteiger partial charge on any atom is 0.303 e. The lowest BCUT2D eigenvalue weighted by atomic mass is 10.2. The first-order valence-electron chi connectivity index (χ1n) is 4.82. The van der Waals surface area contributed by atoms with Gasteiger partial charge in [-0.25, -0.2) is 0 Å². The summed E-state index contributed by atoms with van der Waals surface area (Å²) in [6, 6.07) is 0. The van der Waals surface area contributed by atoms with Gasteiger partial charge in [0.05, 0.1) is 0 Å². The van der Waals surface area contributed by atoms with Crippen LogP contribution in [0, 0.1) is 0 Å². The highest BCUT2D eigenvalue weighted by Gasteiger charge is 1.97. The molecule has 0 heterocycles. The molecular weight excluding hydrogens is 184 g/mol. The molecule has 0 aromatic rings. The van der Waals surface area contributed by atoms with Crippen molar-refractivity contribution in [2.75, 3.05) is 0 Å². The third-order valence-corrected chi connectivity index (χ3v) is 1.58. The molecule has 1 atom stereocenters. The number of unbranched alkanes of at least 4 members (excludes halogenated alkanes) is 2. The monoisotopic (exact) mass is 204 g/mol. The number of carboxylic acids is 1. The first-order chi connectivity index (χ1) is 6.41. The van der Waals surface area contributed by atoms with Crippen molar-refractivity contribution in [1.29, 1.82) is 0 Å². The van der Waals surface area contributed by atoms with E-state index in [4.69, 9.17) is 10.2 Å². The Balaban J connectivity index is 0. The number of hydrogen-bond donors (Lipinski definition) is 2. The molecule has 1 unspecified atom stereocenters. The molecular formula is C10H20O4. The zero-order chi connectivity index (χ0) is 11.6. The minimum Gasteiger partial charge on any atom is -0.481 e. The van der Waals surface area contributed by atoms with Crippen molar-refractivity contribution >= 4 is 11.8 Å². The molecule has 14 heavy (non-hydrogen) atoms. The molecule has 0 aliphatic rings. The van der Waals surface area contributed by atoms with Crippen molar-refractivity contribution in [3.05, 3.63) is 0 Å². The first kappa shape index (κ1) is 15.6. The molecule has 0 aliphatic carbocycles. The van der Waals surface area contributed by atoms with Crippen LogP contribution in [0.15, 0.2) is 0 Å². The molecule has 0 saturated carbocycles. The summed E-state index contributed by atoms with van der Waals surface area (Å²) >= 11 is 0. The summed E-state index contributed by atoms with van der Waals surface area (Å²) in [6.45, 7) is 4.86. The van der Waals surface area contributed by atoms with Crippen LogP contribution in [-0.2, 0) is 9.59 Å². The van der Waals surface area contributed by atoms with E-state index in [1.807, 2.05) is 0 Å². The number of carbonyl (C=O) groups is 2. The summed E-state index contributed by atoms with van der Waals surface area (Å²) in [5.74, 6) is -0.867. The molecule has 4 nitrogen and oxygen atoms in total. The van der Waals surface area contributed by atoms with Gasteiger partial charge in [-0.05, 0) is 20.3 Å². The molecule has 0 aliphatic heterocycles. The van der Waals surface area contributed by atoms with E-state index in [0.717, 1.165) is 19.3 Å². The van der Waals surface area contributed by atoms with Gasteiger partial charge in [0.1, 0.15) is 6.10 Å². The van der Waals surface area contributed by atoms with Crippen molar-refractivity contribution in [2.24, 2.45) is 0 Å². The average molecular weight is 204 g/mol. The van der Waals surface area contributed by atoms with Crippen LogP contribution in [0.5, 0.6) is 0 Å². The first-order valence-corrected chi connectivity index (χ1v) is 4.82. The molecule has 0 saturated heterocycles. The number of carbonyl (C=O) groups excluding carboxylic acids is 1. The molecule has 4 heteroatoms. The lowest BCUT2D eigenvalue weighted by molar-refractivity contribution is -0.137. The van der Waals surface area contributed by atoms with E-state index in [2.05, 4.69) is 6.92 Å². The Labute approximate surface area is 84.9 Å². The third-order valence-electron chi connectivity index (χ3n) is 1.58. The van der Waals surface area contributed by atoms with Crippen LogP contribution in [0.2, 0.25) is 0 Å². The highest BCUT2D eigenvalue weighted by atomic mass is 16.4. The van der Waals surface area contributed by atoms with Crippen LogP contribution < -0.4 is 0 Å². The summed E-state index contributed by atoms with van der Waals surface area (Å²) in [5.41, 5.74) is 0. The van der Waals surface area contributed by atoms with Gasteiger partial charge in [0.15, 0.2) is 5.78 Å². The smallest absolute Gasteiger partial charge is 0.303 e. The Bertz CT molecular complexity index is 164. The Morgan fingerprint density at radius 2 is 1.71 bits per heavy atom. The third kappa shape index (κ3) is 17.3. The predicted octanol–water partition coefficient (Wildman–Crippen LogP) is 1.61. The maximum atomic E-state index is 9.89. The van der Waals surface area contributed by atoms with E-state index >= 15 is 0 Å². The number of ketones is 1. The van der Waals surface area contributed by atoms with Gasteiger partial charge >= 0.3 is 5.97 Å². The van der Waals surface area contributed by atoms with Gasteiger partial charge in [-0.15, -0.1) is 0 Å². The summed E-state index contributed by atoms with van der Waals surface area (Å²) in [5, 5.41) is 16.4. The number of rotatable bonds is 5. The van der Waals surface area contributed by atoms with Gasteiger partial charge in [0, 0.05) is 6.42 Å². The summed E-state index contributed by atoms with van der Waals surface area (Å²) in [7, 11) is 0. The number of Topliss-reactive ketones (excluding diaryl/α,β-unsaturated/α-hetero) is 1. The second-order valence-electron chi connectivity index (χ2n) is 3.14. The van der Waals surface area contributed by atoms with Gasteiger partial charge in [-0.3, -0.25) is 9.59 Å². The van der Waals surface area contributed by atoms with Crippen LogP contribution in [-0.4, -0.2) is 28.1 Å². The van der Waals surface area contributed by atoms with Crippen LogP contribution in [0.4, 0.5) is 0 Å². The number of aliphatic carboxylic acids is 1. The number of hydrogen-bond acceptors (Lipinski definition) is 3. The maximum absolute atomic E-state index is 9.89. The van der Waals surface area contributed by atoms with E-state index in [-0.39, 0.29) is 5.78 Å². The zero-order valence-electron chi connectivity index (χ0n) is 9.12. The van der Waals surface area contributed by atoms with Crippen molar-refractivity contribution in [3.63, 3.8) is 0 Å².